The SMILES string of the molecule is Cc1csc2ncc(C(=O)NCC(O)C(C)C)c(=O)n12. The number of carbonyl (C=O) groups is 1. The predicted molar refractivity (Wildman–Crippen MR) is 77.3 cm³/mol. The number of hydrogen-bond donors (Lipinski definition) is 2. The molecule has 0 fully saturated rings. The van der Waals surface area contributed by atoms with Gasteiger partial charge in [0.25, 0.3) is 11.5 Å². The Labute approximate surface area is 120 Å². The van der Waals surface area contributed by atoms with Gasteiger partial charge in [0.2, 0.25) is 0 Å². The number of amides is 1. The van der Waals surface area contributed by atoms with Gasteiger partial charge in [-0.1, -0.05) is 13.8 Å². The van der Waals surface area contributed by atoms with E-state index < -0.39 is 12.0 Å². The standard InChI is InChI=1S/C13H17N3O3S/c1-7(2)10(17)5-14-11(18)9-4-15-13-16(12(9)19)8(3)6-20-13/h4,6-7,10,17H,5H2,1-3H3,(H,14,18). The fraction of sp³-hybridized carbons (Fsp3) is 0.462. The summed E-state index contributed by atoms with van der Waals surface area (Å²) < 4.78 is 1.42. The summed E-state index contributed by atoms with van der Waals surface area (Å²) in [5.74, 6) is -0.474. The molecule has 0 radical (unpaired) electrons. The van der Waals surface area contributed by atoms with E-state index in [2.05, 4.69) is 10.3 Å². The maximum Gasteiger partial charge on any atom is 0.271 e. The number of aryl methyl sites for hydroxylation is 1. The molecule has 1 unspecified atom stereocenters. The molecule has 1 amide bonds. The Bertz CT molecular complexity index is 690. The molecule has 2 heterocycles. The monoisotopic (exact) mass is 295 g/mol. The van der Waals surface area contributed by atoms with Gasteiger partial charge in [0.05, 0.1) is 6.10 Å². The zero-order chi connectivity index (χ0) is 14.9. The number of rotatable bonds is 4. The van der Waals surface area contributed by atoms with Crippen LogP contribution >= 0.6 is 11.3 Å². The van der Waals surface area contributed by atoms with Crippen molar-refractivity contribution >= 4 is 22.2 Å². The topological polar surface area (TPSA) is 83.7 Å². The highest BCUT2D eigenvalue weighted by molar-refractivity contribution is 7.15. The van der Waals surface area contributed by atoms with Crippen LogP contribution in [0.2, 0.25) is 0 Å². The molecule has 0 aliphatic rings. The van der Waals surface area contributed by atoms with E-state index in [1.54, 1.807) is 6.92 Å². The Kier molecular flexibility index (Phi) is 4.20. The summed E-state index contributed by atoms with van der Waals surface area (Å²) in [4.78, 5) is 28.9. The summed E-state index contributed by atoms with van der Waals surface area (Å²) in [6.45, 7) is 5.61. The number of aliphatic hydroxyl groups excluding tert-OH is 1. The molecule has 0 aromatic carbocycles. The van der Waals surface area contributed by atoms with E-state index in [1.165, 1.54) is 21.9 Å². The van der Waals surface area contributed by atoms with E-state index in [4.69, 9.17) is 0 Å². The van der Waals surface area contributed by atoms with Crippen LogP contribution in [0.3, 0.4) is 0 Å². The smallest absolute Gasteiger partial charge is 0.271 e. The van der Waals surface area contributed by atoms with Crippen LogP contribution in [0.5, 0.6) is 0 Å². The average molecular weight is 295 g/mol. The average Bonchev–Trinajstić information content (AvgIpc) is 2.78. The number of aromatic nitrogens is 2. The minimum absolute atomic E-state index is 0.0139. The van der Waals surface area contributed by atoms with Crippen molar-refractivity contribution in [1.82, 2.24) is 14.7 Å². The highest BCUT2D eigenvalue weighted by Gasteiger charge is 2.17. The van der Waals surface area contributed by atoms with E-state index in [-0.39, 0.29) is 23.6 Å². The number of carbonyl (C=O) groups excluding carboxylic acids is 1. The van der Waals surface area contributed by atoms with Gasteiger partial charge in [0.1, 0.15) is 5.56 Å². The summed E-state index contributed by atoms with van der Waals surface area (Å²) in [6, 6.07) is 0. The van der Waals surface area contributed by atoms with Crippen molar-refractivity contribution in [2.75, 3.05) is 6.54 Å². The van der Waals surface area contributed by atoms with Gasteiger partial charge >= 0.3 is 0 Å². The first-order chi connectivity index (χ1) is 9.41. The van der Waals surface area contributed by atoms with Gasteiger partial charge in [-0.25, -0.2) is 4.98 Å². The van der Waals surface area contributed by atoms with E-state index in [1.807, 2.05) is 19.2 Å². The van der Waals surface area contributed by atoms with Gasteiger partial charge in [-0.05, 0) is 12.8 Å². The summed E-state index contributed by atoms with van der Waals surface area (Å²) in [7, 11) is 0. The Hall–Kier alpha value is -1.73. The molecule has 0 saturated heterocycles. The molecule has 2 rings (SSSR count). The summed E-state index contributed by atoms with van der Waals surface area (Å²) in [5.41, 5.74) is 0.351. The summed E-state index contributed by atoms with van der Waals surface area (Å²) in [5, 5.41) is 14.0. The van der Waals surface area contributed by atoms with Crippen LogP contribution in [-0.4, -0.2) is 33.0 Å². The molecular formula is C13H17N3O3S. The molecule has 20 heavy (non-hydrogen) atoms. The fourth-order valence-corrected chi connectivity index (χ4v) is 2.54. The van der Waals surface area contributed by atoms with Crippen LogP contribution in [0.15, 0.2) is 16.4 Å². The predicted octanol–water partition coefficient (Wildman–Crippen LogP) is 0.811. The van der Waals surface area contributed by atoms with Crippen molar-refractivity contribution in [2.24, 2.45) is 5.92 Å². The molecule has 2 N–H and O–H groups in total. The van der Waals surface area contributed by atoms with E-state index in [0.717, 1.165) is 5.69 Å². The molecule has 0 saturated carbocycles. The largest absolute Gasteiger partial charge is 0.391 e. The number of thiazole rings is 1. The lowest BCUT2D eigenvalue weighted by atomic mass is 10.1. The maximum absolute atomic E-state index is 12.2. The van der Waals surface area contributed by atoms with E-state index >= 15 is 0 Å². The van der Waals surface area contributed by atoms with Crippen LogP contribution in [-0.2, 0) is 0 Å². The summed E-state index contributed by atoms with van der Waals surface area (Å²) >= 11 is 1.35. The van der Waals surface area contributed by atoms with Crippen LogP contribution in [0.25, 0.3) is 4.96 Å². The van der Waals surface area contributed by atoms with Crippen molar-refractivity contribution in [3.05, 3.63) is 33.2 Å². The Morgan fingerprint density at radius 3 is 2.90 bits per heavy atom. The molecule has 0 aliphatic carbocycles. The van der Waals surface area contributed by atoms with Gasteiger partial charge in [-0.2, -0.15) is 0 Å². The first-order valence-corrected chi connectivity index (χ1v) is 7.22. The minimum atomic E-state index is -0.638. The van der Waals surface area contributed by atoms with E-state index in [0.29, 0.717) is 4.96 Å². The number of nitrogens with zero attached hydrogens (tertiary/aromatic N) is 2. The van der Waals surface area contributed by atoms with Crippen molar-refractivity contribution in [3.8, 4) is 0 Å². The highest BCUT2D eigenvalue weighted by Crippen LogP contribution is 2.11. The second kappa shape index (κ2) is 5.72. The Balaban J connectivity index is 2.25. The third-order valence-electron chi connectivity index (χ3n) is 3.10. The molecule has 6 nitrogen and oxygen atoms in total. The van der Waals surface area contributed by atoms with Crippen molar-refractivity contribution in [3.63, 3.8) is 0 Å². The van der Waals surface area contributed by atoms with Crippen molar-refractivity contribution in [1.29, 1.82) is 0 Å². The molecule has 108 valence electrons. The molecule has 1 atom stereocenters. The zero-order valence-electron chi connectivity index (χ0n) is 11.6. The van der Waals surface area contributed by atoms with Gasteiger partial charge < -0.3 is 10.4 Å². The highest BCUT2D eigenvalue weighted by atomic mass is 32.1. The number of hydrogen-bond acceptors (Lipinski definition) is 5. The Morgan fingerprint density at radius 1 is 1.55 bits per heavy atom. The summed E-state index contributed by atoms with van der Waals surface area (Å²) in [6.07, 6.45) is 0.645. The molecule has 2 aromatic rings. The molecule has 0 spiro atoms. The normalized spacial score (nSPS) is 12.8. The van der Waals surface area contributed by atoms with Gasteiger partial charge in [-0.3, -0.25) is 14.0 Å². The van der Waals surface area contributed by atoms with E-state index in [9.17, 15) is 14.7 Å². The second-order valence-electron chi connectivity index (χ2n) is 4.99. The first kappa shape index (κ1) is 14.7. The lowest BCUT2D eigenvalue weighted by molar-refractivity contribution is 0.0870. The number of fused-ring (bicyclic) bond motifs is 1. The fourth-order valence-electron chi connectivity index (χ4n) is 1.71. The van der Waals surface area contributed by atoms with Crippen LogP contribution in [0, 0.1) is 12.8 Å². The van der Waals surface area contributed by atoms with Crippen molar-refractivity contribution in [2.45, 2.75) is 26.9 Å². The first-order valence-electron chi connectivity index (χ1n) is 6.34. The zero-order valence-corrected chi connectivity index (χ0v) is 12.4. The third kappa shape index (κ3) is 2.73. The minimum Gasteiger partial charge on any atom is -0.391 e. The molecular weight excluding hydrogens is 278 g/mol. The number of nitrogens with one attached hydrogen (secondary N) is 1. The molecule has 7 heteroatoms. The quantitative estimate of drug-likeness (QED) is 0.874. The third-order valence-corrected chi connectivity index (χ3v) is 4.06. The van der Waals surface area contributed by atoms with Crippen LogP contribution in [0.4, 0.5) is 0 Å². The van der Waals surface area contributed by atoms with Gasteiger partial charge in [0.15, 0.2) is 4.96 Å². The molecule has 2 aromatic heterocycles. The lowest BCUT2D eigenvalue weighted by Gasteiger charge is -2.14. The molecule has 0 bridgehead atoms. The van der Waals surface area contributed by atoms with Crippen molar-refractivity contribution < 1.29 is 9.90 Å². The number of aliphatic hydroxyl groups is 1. The Morgan fingerprint density at radius 2 is 2.25 bits per heavy atom. The van der Waals surface area contributed by atoms with Gasteiger partial charge in [0, 0.05) is 23.8 Å². The second-order valence-corrected chi connectivity index (χ2v) is 5.83. The van der Waals surface area contributed by atoms with Crippen LogP contribution < -0.4 is 10.9 Å². The molecule has 0 aliphatic heterocycles. The van der Waals surface area contributed by atoms with Crippen LogP contribution in [0.1, 0.15) is 29.9 Å². The maximum atomic E-state index is 12.2. The lowest BCUT2D eigenvalue weighted by Crippen LogP contribution is -2.37. The van der Waals surface area contributed by atoms with Gasteiger partial charge in [-0.15, -0.1) is 11.3 Å².